The summed E-state index contributed by atoms with van der Waals surface area (Å²) in [4.78, 5) is 18.3. The van der Waals surface area contributed by atoms with Crippen LogP contribution in [0.5, 0.6) is 5.75 Å². The summed E-state index contributed by atoms with van der Waals surface area (Å²) in [5, 5.41) is 11.3. The fourth-order valence-corrected chi connectivity index (χ4v) is 2.62. The van der Waals surface area contributed by atoms with E-state index >= 15 is 0 Å². The molecule has 1 fully saturated rings. The average Bonchev–Trinajstić information content (AvgIpc) is 2.48. The number of ether oxygens (including phenoxy) is 2. The molecule has 0 amide bonds. The Morgan fingerprint density at radius 3 is 2.82 bits per heavy atom. The van der Waals surface area contributed by atoms with Gasteiger partial charge in [-0.05, 0) is 13.0 Å². The first-order valence-electron chi connectivity index (χ1n) is 7.22. The van der Waals surface area contributed by atoms with Crippen molar-refractivity contribution in [3.63, 3.8) is 0 Å². The fraction of sp³-hybridized carbons (Fsp3) is 0.375. The quantitative estimate of drug-likeness (QED) is 0.870. The number of carbonyl (C=O) groups excluding carboxylic acids is 1. The van der Waals surface area contributed by atoms with Crippen LogP contribution in [0.3, 0.4) is 0 Å². The molecule has 0 radical (unpaired) electrons. The van der Waals surface area contributed by atoms with Crippen LogP contribution < -0.4 is 4.90 Å². The van der Waals surface area contributed by atoms with Crippen LogP contribution in [0.2, 0.25) is 0 Å². The highest BCUT2D eigenvalue weighted by atomic mass is 16.5. The van der Waals surface area contributed by atoms with Gasteiger partial charge < -0.3 is 19.5 Å². The molecule has 1 aliphatic heterocycles. The molecule has 0 atom stereocenters. The fourth-order valence-electron chi connectivity index (χ4n) is 2.62. The number of aromatic hydroxyl groups is 1. The Morgan fingerprint density at radius 2 is 2.14 bits per heavy atom. The molecule has 1 N–H and O–H groups in total. The summed E-state index contributed by atoms with van der Waals surface area (Å²) in [6.07, 6.45) is 0.136. The highest BCUT2D eigenvalue weighted by Gasteiger charge is 2.32. The molecule has 0 spiro atoms. The van der Waals surface area contributed by atoms with Crippen molar-refractivity contribution in [1.29, 1.82) is 0 Å². The maximum absolute atomic E-state index is 12.0. The third-order valence-corrected chi connectivity index (χ3v) is 3.81. The van der Waals surface area contributed by atoms with Crippen LogP contribution in [0.15, 0.2) is 24.3 Å². The standard InChI is InChI=1S/C16H18N2O4/c1-3-22-16(20)13-15(19)14(18-8-10(9-18)21-2)11-6-4-5-7-12(11)17-13/h4-7,10,19H,3,8-9H2,1-2H3. The molecule has 6 heteroatoms. The zero-order valence-corrected chi connectivity index (χ0v) is 12.6. The number of benzene rings is 1. The van der Waals surface area contributed by atoms with Crippen molar-refractivity contribution in [2.24, 2.45) is 0 Å². The minimum Gasteiger partial charge on any atom is -0.504 e. The Balaban J connectivity index is 2.11. The van der Waals surface area contributed by atoms with Crippen molar-refractivity contribution in [2.45, 2.75) is 13.0 Å². The van der Waals surface area contributed by atoms with Crippen molar-refractivity contribution < 1.29 is 19.4 Å². The Morgan fingerprint density at radius 1 is 1.41 bits per heavy atom. The molecule has 1 saturated heterocycles. The molecule has 0 aliphatic carbocycles. The topological polar surface area (TPSA) is 71.9 Å². The first-order chi connectivity index (χ1) is 10.7. The molecule has 0 bridgehead atoms. The number of para-hydroxylation sites is 1. The molecule has 116 valence electrons. The number of esters is 1. The van der Waals surface area contributed by atoms with Crippen molar-refractivity contribution in [3.8, 4) is 5.75 Å². The summed E-state index contributed by atoms with van der Waals surface area (Å²) in [5.41, 5.74) is 1.22. The molecule has 1 aromatic heterocycles. The van der Waals surface area contributed by atoms with Crippen LogP contribution in [0.1, 0.15) is 17.4 Å². The SMILES string of the molecule is CCOC(=O)c1nc2ccccc2c(N2CC(OC)C2)c1O. The molecule has 1 aliphatic rings. The van der Waals surface area contributed by atoms with E-state index in [1.165, 1.54) is 0 Å². The Labute approximate surface area is 128 Å². The summed E-state index contributed by atoms with van der Waals surface area (Å²) in [6.45, 7) is 3.29. The number of nitrogens with zero attached hydrogens (tertiary/aromatic N) is 2. The van der Waals surface area contributed by atoms with Crippen LogP contribution >= 0.6 is 0 Å². The van der Waals surface area contributed by atoms with Crippen molar-refractivity contribution in [2.75, 3.05) is 31.7 Å². The number of rotatable bonds is 4. The summed E-state index contributed by atoms with van der Waals surface area (Å²) >= 11 is 0. The molecular weight excluding hydrogens is 284 g/mol. The molecule has 0 saturated carbocycles. The van der Waals surface area contributed by atoms with Gasteiger partial charge in [0.1, 0.15) is 0 Å². The van der Waals surface area contributed by atoms with Gasteiger partial charge in [0.05, 0.1) is 23.9 Å². The van der Waals surface area contributed by atoms with Gasteiger partial charge in [0, 0.05) is 25.6 Å². The van der Waals surface area contributed by atoms with Crippen LogP contribution in [-0.4, -0.2) is 49.0 Å². The second-order valence-electron chi connectivity index (χ2n) is 5.16. The number of hydrogen-bond acceptors (Lipinski definition) is 6. The lowest BCUT2D eigenvalue weighted by Crippen LogP contribution is -2.52. The second kappa shape index (κ2) is 5.81. The van der Waals surface area contributed by atoms with E-state index in [1.54, 1.807) is 14.0 Å². The van der Waals surface area contributed by atoms with Gasteiger partial charge in [-0.25, -0.2) is 9.78 Å². The third-order valence-electron chi connectivity index (χ3n) is 3.81. The summed E-state index contributed by atoms with van der Waals surface area (Å²) in [5.74, 6) is -0.748. The Kier molecular flexibility index (Phi) is 3.85. The molecule has 2 heterocycles. The van der Waals surface area contributed by atoms with Crippen LogP contribution in [0.25, 0.3) is 10.9 Å². The van der Waals surface area contributed by atoms with E-state index in [9.17, 15) is 9.90 Å². The van der Waals surface area contributed by atoms with E-state index in [1.807, 2.05) is 29.2 Å². The Bertz CT molecular complexity index is 711. The number of fused-ring (bicyclic) bond motifs is 1. The summed E-state index contributed by atoms with van der Waals surface area (Å²) < 4.78 is 10.3. The predicted molar refractivity (Wildman–Crippen MR) is 82.4 cm³/mol. The maximum Gasteiger partial charge on any atom is 0.360 e. The number of anilines is 1. The van der Waals surface area contributed by atoms with Gasteiger partial charge in [0.2, 0.25) is 0 Å². The predicted octanol–water partition coefficient (Wildman–Crippen LogP) is 1.95. The normalized spacial score (nSPS) is 14.9. The number of pyridine rings is 1. The zero-order chi connectivity index (χ0) is 15.7. The van der Waals surface area contributed by atoms with Crippen LogP contribution in [0, 0.1) is 0 Å². The third kappa shape index (κ3) is 2.35. The van der Waals surface area contributed by atoms with E-state index in [0.29, 0.717) is 24.3 Å². The summed E-state index contributed by atoms with van der Waals surface area (Å²) in [7, 11) is 1.66. The molecule has 22 heavy (non-hydrogen) atoms. The van der Waals surface area contributed by atoms with Gasteiger partial charge in [-0.3, -0.25) is 0 Å². The molecule has 1 aromatic carbocycles. The molecule has 2 aromatic rings. The van der Waals surface area contributed by atoms with Gasteiger partial charge in [0.25, 0.3) is 0 Å². The lowest BCUT2D eigenvalue weighted by Gasteiger charge is -2.40. The minimum atomic E-state index is -0.615. The van der Waals surface area contributed by atoms with Gasteiger partial charge in [-0.1, -0.05) is 18.2 Å². The largest absolute Gasteiger partial charge is 0.504 e. The summed E-state index contributed by atoms with van der Waals surface area (Å²) in [6, 6.07) is 7.42. The monoisotopic (exact) mass is 302 g/mol. The number of methoxy groups -OCH3 is 1. The zero-order valence-electron chi connectivity index (χ0n) is 12.6. The van der Waals surface area contributed by atoms with Gasteiger partial charge in [-0.15, -0.1) is 0 Å². The van der Waals surface area contributed by atoms with E-state index in [4.69, 9.17) is 9.47 Å². The van der Waals surface area contributed by atoms with Crippen molar-refractivity contribution in [3.05, 3.63) is 30.0 Å². The van der Waals surface area contributed by atoms with Crippen LogP contribution in [-0.2, 0) is 9.47 Å². The Hall–Kier alpha value is -2.34. The van der Waals surface area contributed by atoms with Crippen molar-refractivity contribution >= 4 is 22.6 Å². The van der Waals surface area contributed by atoms with E-state index in [-0.39, 0.29) is 24.2 Å². The number of hydrogen-bond donors (Lipinski definition) is 1. The highest BCUT2D eigenvalue weighted by molar-refractivity contribution is 6.02. The number of carbonyl (C=O) groups is 1. The molecule has 6 nitrogen and oxygen atoms in total. The molecule has 3 rings (SSSR count). The lowest BCUT2D eigenvalue weighted by atomic mass is 10.1. The van der Waals surface area contributed by atoms with Gasteiger partial charge >= 0.3 is 5.97 Å². The van der Waals surface area contributed by atoms with Gasteiger partial charge in [-0.2, -0.15) is 0 Å². The number of aromatic nitrogens is 1. The first kappa shape index (κ1) is 14.6. The average molecular weight is 302 g/mol. The maximum atomic E-state index is 12.0. The minimum absolute atomic E-state index is 0.0450. The van der Waals surface area contributed by atoms with E-state index in [0.717, 1.165) is 5.39 Å². The highest BCUT2D eigenvalue weighted by Crippen LogP contribution is 2.39. The van der Waals surface area contributed by atoms with E-state index in [2.05, 4.69) is 4.98 Å². The molecule has 0 unspecified atom stereocenters. The molecular formula is C16H18N2O4. The smallest absolute Gasteiger partial charge is 0.360 e. The van der Waals surface area contributed by atoms with Gasteiger partial charge in [0.15, 0.2) is 11.4 Å². The van der Waals surface area contributed by atoms with Crippen molar-refractivity contribution in [1.82, 2.24) is 4.98 Å². The first-order valence-corrected chi connectivity index (χ1v) is 7.22. The van der Waals surface area contributed by atoms with Crippen LogP contribution in [0.4, 0.5) is 5.69 Å². The lowest BCUT2D eigenvalue weighted by molar-refractivity contribution is 0.0516. The second-order valence-corrected chi connectivity index (χ2v) is 5.16. The van der Waals surface area contributed by atoms with E-state index < -0.39 is 5.97 Å².